The molecule has 1 saturated carbocycles. The van der Waals surface area contributed by atoms with Crippen LogP contribution in [0.25, 0.3) is 0 Å². The molecule has 1 N–H and O–H groups in total. The first-order chi connectivity index (χ1) is 14.7. The lowest BCUT2D eigenvalue weighted by molar-refractivity contribution is -0.119. The largest absolute Gasteiger partial charge is 0.326 e. The first kappa shape index (κ1) is 22.0. The number of carbonyl (C=O) groups is 2. The number of sulfone groups is 1. The highest BCUT2D eigenvalue weighted by Crippen LogP contribution is 2.41. The highest BCUT2D eigenvalue weighted by Gasteiger charge is 2.39. The van der Waals surface area contributed by atoms with E-state index in [9.17, 15) is 18.0 Å². The van der Waals surface area contributed by atoms with Crippen LogP contribution in [0, 0.1) is 19.8 Å². The van der Waals surface area contributed by atoms with Gasteiger partial charge in [0.1, 0.15) is 0 Å². The molecule has 0 saturated heterocycles. The van der Waals surface area contributed by atoms with E-state index in [1.165, 1.54) is 0 Å². The fourth-order valence-corrected chi connectivity index (χ4v) is 6.09. The van der Waals surface area contributed by atoms with Crippen molar-refractivity contribution in [2.45, 2.75) is 44.4 Å². The second kappa shape index (κ2) is 8.39. The van der Waals surface area contributed by atoms with Crippen molar-refractivity contribution in [3.05, 3.63) is 51.5 Å². The number of aryl methyl sites for hydroxylation is 1. The Kier molecular flexibility index (Phi) is 5.96. The third-order valence-corrected chi connectivity index (χ3v) is 8.18. The van der Waals surface area contributed by atoms with Crippen LogP contribution in [0.2, 0.25) is 0 Å². The Morgan fingerprint density at radius 2 is 1.94 bits per heavy atom. The van der Waals surface area contributed by atoms with Gasteiger partial charge in [0.05, 0.1) is 16.3 Å². The predicted molar refractivity (Wildman–Crippen MR) is 124 cm³/mol. The summed E-state index contributed by atoms with van der Waals surface area (Å²) < 4.78 is 27.1. The van der Waals surface area contributed by atoms with Crippen molar-refractivity contribution in [3.63, 3.8) is 0 Å². The normalized spacial score (nSPS) is 15.6. The molecule has 6 nitrogen and oxygen atoms in total. The molecule has 4 rings (SSSR count). The van der Waals surface area contributed by atoms with Crippen LogP contribution in [0.15, 0.2) is 39.7 Å². The Bertz CT molecular complexity index is 1170. The molecule has 0 bridgehead atoms. The average Bonchev–Trinajstić information content (AvgIpc) is 3.48. The van der Waals surface area contributed by atoms with Crippen LogP contribution in [0.4, 0.5) is 11.4 Å². The molecule has 2 aliphatic rings. The molecular weight excluding hydrogens is 480 g/mol. The number of fused-ring (bicyclic) bond motifs is 1. The summed E-state index contributed by atoms with van der Waals surface area (Å²) in [5.74, 6) is -0.661. The number of amides is 2. The van der Waals surface area contributed by atoms with Gasteiger partial charge in [-0.1, -0.05) is 28.1 Å². The number of rotatable bonds is 6. The lowest BCUT2D eigenvalue weighted by atomic mass is 10.1. The van der Waals surface area contributed by atoms with Crippen LogP contribution >= 0.6 is 15.9 Å². The van der Waals surface area contributed by atoms with E-state index in [2.05, 4.69) is 21.2 Å². The molecule has 1 fully saturated rings. The van der Waals surface area contributed by atoms with E-state index in [4.69, 9.17) is 0 Å². The minimum absolute atomic E-state index is 0.00480. The summed E-state index contributed by atoms with van der Waals surface area (Å²) in [4.78, 5) is 26.9. The van der Waals surface area contributed by atoms with Gasteiger partial charge in [-0.15, -0.1) is 0 Å². The maximum atomic E-state index is 13.2. The van der Waals surface area contributed by atoms with Crippen LogP contribution in [0.5, 0.6) is 0 Å². The molecule has 0 radical (unpaired) electrons. The maximum Gasteiger partial charge on any atom is 0.230 e. The molecule has 0 spiro atoms. The van der Waals surface area contributed by atoms with E-state index in [0.29, 0.717) is 28.8 Å². The van der Waals surface area contributed by atoms with Gasteiger partial charge < -0.3 is 10.2 Å². The van der Waals surface area contributed by atoms with Crippen molar-refractivity contribution >= 4 is 49.0 Å². The highest BCUT2D eigenvalue weighted by molar-refractivity contribution is 9.10. The van der Waals surface area contributed by atoms with Gasteiger partial charge in [0, 0.05) is 29.0 Å². The predicted octanol–water partition coefficient (Wildman–Crippen LogP) is 4.17. The summed E-state index contributed by atoms with van der Waals surface area (Å²) in [7, 11) is -3.77. The molecule has 8 heteroatoms. The van der Waals surface area contributed by atoms with E-state index in [1.54, 1.807) is 17.0 Å². The van der Waals surface area contributed by atoms with Crippen molar-refractivity contribution < 1.29 is 18.0 Å². The molecule has 0 unspecified atom stereocenters. The van der Waals surface area contributed by atoms with E-state index in [0.717, 1.165) is 29.5 Å². The number of halogens is 1. The molecule has 1 aliphatic carbocycles. The van der Waals surface area contributed by atoms with Gasteiger partial charge in [0.25, 0.3) is 0 Å². The number of hydrogen-bond acceptors (Lipinski definition) is 4. The third kappa shape index (κ3) is 4.55. The van der Waals surface area contributed by atoms with Crippen molar-refractivity contribution in [3.8, 4) is 0 Å². The summed E-state index contributed by atoms with van der Waals surface area (Å²) in [6, 6.07) is 9.04. The Balaban J connectivity index is 1.54. The standard InChI is InChI=1S/C23H25BrN2O4S/c1-14-4-3-5-19(15(14)2)25-21(27)9-11-31(29,30)20-13-18(24)12-17-8-10-26(22(17)20)23(28)16-6-7-16/h3-5,12-13,16H,6-11H2,1-2H3,(H,25,27). The molecule has 1 aliphatic heterocycles. The quantitative estimate of drug-likeness (QED) is 0.639. The molecule has 1 heterocycles. The molecule has 2 aromatic rings. The Morgan fingerprint density at radius 3 is 2.65 bits per heavy atom. The summed E-state index contributed by atoms with van der Waals surface area (Å²) in [6.45, 7) is 4.37. The second-order valence-corrected chi connectivity index (χ2v) is 11.3. The van der Waals surface area contributed by atoms with Crippen molar-refractivity contribution in [2.24, 2.45) is 5.92 Å². The molecule has 2 amide bonds. The number of nitrogens with one attached hydrogen (secondary N) is 1. The third-order valence-electron chi connectivity index (χ3n) is 6.00. The first-order valence-corrected chi connectivity index (χ1v) is 12.8. The average molecular weight is 505 g/mol. The van der Waals surface area contributed by atoms with Crippen LogP contribution < -0.4 is 10.2 Å². The minimum Gasteiger partial charge on any atom is -0.326 e. The van der Waals surface area contributed by atoms with Gasteiger partial charge >= 0.3 is 0 Å². The highest BCUT2D eigenvalue weighted by atomic mass is 79.9. The molecule has 31 heavy (non-hydrogen) atoms. The van der Waals surface area contributed by atoms with Gasteiger partial charge in [-0.2, -0.15) is 0 Å². The van der Waals surface area contributed by atoms with Crippen molar-refractivity contribution in [1.82, 2.24) is 0 Å². The van der Waals surface area contributed by atoms with E-state index in [1.807, 2.05) is 32.0 Å². The Morgan fingerprint density at radius 1 is 1.19 bits per heavy atom. The Hall–Kier alpha value is -2.19. The van der Waals surface area contributed by atoms with Gasteiger partial charge in [-0.25, -0.2) is 8.42 Å². The van der Waals surface area contributed by atoms with Crippen LogP contribution in [-0.4, -0.2) is 32.5 Å². The first-order valence-electron chi connectivity index (χ1n) is 10.4. The molecular formula is C23H25BrN2O4S. The lowest BCUT2D eigenvalue weighted by Crippen LogP contribution is -2.31. The van der Waals surface area contributed by atoms with E-state index in [-0.39, 0.29) is 34.8 Å². The van der Waals surface area contributed by atoms with Crippen molar-refractivity contribution in [2.75, 3.05) is 22.5 Å². The maximum absolute atomic E-state index is 13.2. The number of anilines is 2. The van der Waals surface area contributed by atoms with Gasteiger partial charge in [-0.3, -0.25) is 9.59 Å². The molecule has 0 aromatic heterocycles. The van der Waals surface area contributed by atoms with Gasteiger partial charge in [0.15, 0.2) is 9.84 Å². The van der Waals surface area contributed by atoms with Crippen LogP contribution in [0.3, 0.4) is 0 Å². The zero-order chi connectivity index (χ0) is 22.3. The number of hydrogen-bond donors (Lipinski definition) is 1. The van der Waals surface area contributed by atoms with Gasteiger partial charge in [-0.05, 0) is 68.0 Å². The van der Waals surface area contributed by atoms with E-state index < -0.39 is 9.84 Å². The van der Waals surface area contributed by atoms with E-state index >= 15 is 0 Å². The zero-order valence-electron chi connectivity index (χ0n) is 17.6. The monoisotopic (exact) mass is 504 g/mol. The number of carbonyl (C=O) groups excluding carboxylic acids is 2. The second-order valence-electron chi connectivity index (χ2n) is 8.29. The number of benzene rings is 2. The van der Waals surface area contributed by atoms with Crippen molar-refractivity contribution in [1.29, 1.82) is 0 Å². The fourth-order valence-electron chi connectivity index (χ4n) is 3.91. The summed E-state index contributed by atoms with van der Waals surface area (Å²) in [6.07, 6.45) is 2.19. The smallest absolute Gasteiger partial charge is 0.230 e. The molecule has 2 aromatic carbocycles. The van der Waals surface area contributed by atoms with Gasteiger partial charge in [0.2, 0.25) is 11.8 Å². The summed E-state index contributed by atoms with van der Waals surface area (Å²) >= 11 is 3.40. The lowest BCUT2D eigenvalue weighted by Gasteiger charge is -2.21. The van der Waals surface area contributed by atoms with Crippen LogP contribution in [0.1, 0.15) is 36.0 Å². The zero-order valence-corrected chi connectivity index (χ0v) is 20.0. The number of nitrogens with zero attached hydrogens (tertiary/aromatic N) is 1. The molecule has 0 atom stereocenters. The summed E-state index contributed by atoms with van der Waals surface area (Å²) in [5.41, 5.74) is 4.04. The minimum atomic E-state index is -3.77. The van der Waals surface area contributed by atoms with Crippen LogP contribution in [-0.2, 0) is 25.8 Å². The topological polar surface area (TPSA) is 83.6 Å². The SMILES string of the molecule is Cc1cccc(NC(=O)CCS(=O)(=O)c2cc(Br)cc3c2N(C(=O)C2CC2)CC3)c1C. The Labute approximate surface area is 191 Å². The molecule has 164 valence electrons. The summed E-state index contributed by atoms with van der Waals surface area (Å²) in [5, 5.41) is 2.81. The fraction of sp³-hybridized carbons (Fsp3) is 0.391.